The number of hydrogen-bond acceptors (Lipinski definition) is 4. The largest absolute Gasteiger partial charge is 0.491 e. The molecule has 6 heteroatoms. The van der Waals surface area contributed by atoms with Gasteiger partial charge in [0, 0.05) is 11.8 Å². The average molecular weight is 428 g/mol. The molecule has 2 amide bonds. The smallest absolute Gasteiger partial charge is 0.268 e. The molecule has 2 aromatic carbocycles. The first kappa shape index (κ1) is 22.1. The van der Waals surface area contributed by atoms with Gasteiger partial charge in [0.2, 0.25) is 0 Å². The zero-order valence-electron chi connectivity index (χ0n) is 17.6. The second kappa shape index (κ2) is 9.47. The molecule has 1 aliphatic rings. The maximum absolute atomic E-state index is 13.2. The summed E-state index contributed by atoms with van der Waals surface area (Å²) in [7, 11) is 0. The first-order valence-electron chi connectivity index (χ1n) is 10.0. The summed E-state index contributed by atoms with van der Waals surface area (Å²) in [6.07, 6.45) is 0.532. The van der Waals surface area contributed by atoms with Crippen LogP contribution in [0.4, 0.5) is 4.39 Å². The summed E-state index contributed by atoms with van der Waals surface area (Å²) in [6, 6.07) is 13.4. The molecule has 0 atom stereocenters. The summed E-state index contributed by atoms with van der Waals surface area (Å²) in [6.45, 7) is 8.14. The molecule has 3 rings (SSSR count). The summed E-state index contributed by atoms with van der Waals surface area (Å²) in [5.74, 6) is -0.144. The quantitative estimate of drug-likeness (QED) is 0.552. The number of nitrogens with zero attached hydrogens (tertiary/aromatic N) is 1. The summed E-state index contributed by atoms with van der Waals surface area (Å²) in [5, 5.41) is 0.160. The number of imide groups is 1. The second-order valence-electron chi connectivity index (χ2n) is 7.70. The minimum atomic E-state index is -0.309. The van der Waals surface area contributed by atoms with Gasteiger partial charge in [0.05, 0.1) is 16.6 Å². The summed E-state index contributed by atoms with van der Waals surface area (Å²) >= 11 is 1.41. The molecule has 0 saturated carbocycles. The van der Waals surface area contributed by atoms with Crippen LogP contribution in [0.25, 0.3) is 5.57 Å². The molecule has 30 heavy (non-hydrogen) atoms. The van der Waals surface area contributed by atoms with Gasteiger partial charge in [-0.05, 0) is 55.7 Å². The Morgan fingerprint density at radius 1 is 0.933 bits per heavy atom. The lowest BCUT2D eigenvalue weighted by molar-refractivity contribution is -0.136. The van der Waals surface area contributed by atoms with Gasteiger partial charge in [0.1, 0.15) is 11.6 Å². The van der Waals surface area contributed by atoms with Crippen molar-refractivity contribution in [2.75, 3.05) is 6.54 Å². The van der Waals surface area contributed by atoms with E-state index in [-0.39, 0.29) is 35.5 Å². The van der Waals surface area contributed by atoms with Crippen LogP contribution in [0, 0.1) is 5.82 Å². The third-order valence-electron chi connectivity index (χ3n) is 4.53. The van der Waals surface area contributed by atoms with Gasteiger partial charge in [-0.3, -0.25) is 14.5 Å². The number of benzene rings is 2. The van der Waals surface area contributed by atoms with E-state index in [1.165, 1.54) is 28.8 Å². The third kappa shape index (κ3) is 5.11. The van der Waals surface area contributed by atoms with Crippen LogP contribution in [-0.2, 0) is 16.0 Å². The van der Waals surface area contributed by atoms with Crippen LogP contribution >= 0.6 is 11.8 Å². The molecule has 0 saturated heterocycles. The van der Waals surface area contributed by atoms with E-state index < -0.39 is 0 Å². The van der Waals surface area contributed by atoms with Crippen LogP contribution in [-0.4, -0.2) is 34.6 Å². The maximum atomic E-state index is 13.2. The lowest BCUT2D eigenvalue weighted by Gasteiger charge is -2.15. The molecule has 0 bridgehead atoms. The van der Waals surface area contributed by atoms with Crippen molar-refractivity contribution in [2.45, 2.75) is 45.5 Å². The fourth-order valence-corrected chi connectivity index (χ4v) is 4.23. The van der Waals surface area contributed by atoms with Crippen molar-refractivity contribution < 1.29 is 18.7 Å². The molecule has 4 nitrogen and oxygen atoms in total. The number of thioether (sulfide) groups is 1. The predicted octanol–water partition coefficient (Wildman–Crippen LogP) is 5.08. The van der Waals surface area contributed by atoms with E-state index in [9.17, 15) is 14.0 Å². The summed E-state index contributed by atoms with van der Waals surface area (Å²) in [4.78, 5) is 28.0. The van der Waals surface area contributed by atoms with Gasteiger partial charge in [-0.25, -0.2) is 4.39 Å². The average Bonchev–Trinajstić information content (AvgIpc) is 2.91. The fraction of sp³-hybridized carbons (Fsp3) is 0.333. The molecular weight excluding hydrogens is 401 g/mol. The highest BCUT2D eigenvalue weighted by molar-refractivity contribution is 8.04. The topological polar surface area (TPSA) is 46.6 Å². The van der Waals surface area contributed by atoms with Crippen molar-refractivity contribution in [3.05, 3.63) is 70.4 Å². The van der Waals surface area contributed by atoms with E-state index in [1.54, 1.807) is 12.1 Å². The lowest BCUT2D eigenvalue weighted by atomic mass is 10.1. The molecule has 0 fully saturated rings. The van der Waals surface area contributed by atoms with E-state index in [2.05, 4.69) is 0 Å². The monoisotopic (exact) mass is 427 g/mol. The normalized spacial score (nSPS) is 14.4. The van der Waals surface area contributed by atoms with Crippen LogP contribution < -0.4 is 4.74 Å². The Balaban J connectivity index is 1.84. The van der Waals surface area contributed by atoms with Crippen LogP contribution in [0.3, 0.4) is 0 Å². The first-order valence-corrected chi connectivity index (χ1v) is 10.9. The van der Waals surface area contributed by atoms with Crippen molar-refractivity contribution in [3.63, 3.8) is 0 Å². The van der Waals surface area contributed by atoms with Crippen molar-refractivity contribution >= 4 is 29.1 Å². The molecule has 1 aliphatic heterocycles. The summed E-state index contributed by atoms with van der Waals surface area (Å²) in [5.41, 5.74) is 2.02. The van der Waals surface area contributed by atoms with Gasteiger partial charge < -0.3 is 4.74 Å². The molecule has 0 radical (unpaired) electrons. The third-order valence-corrected chi connectivity index (χ3v) is 5.62. The summed E-state index contributed by atoms with van der Waals surface area (Å²) < 4.78 is 18.8. The Morgan fingerprint density at radius 2 is 1.57 bits per heavy atom. The SMILES string of the molecule is CC(C)Oc1ccc(C2=C(SC(C)C)C(=O)N(CCc3ccc(F)cc3)C2=O)cc1. The van der Waals surface area contributed by atoms with Gasteiger partial charge in [0.25, 0.3) is 11.8 Å². The first-order chi connectivity index (χ1) is 14.3. The zero-order chi connectivity index (χ0) is 21.8. The number of carbonyl (C=O) groups excluding carboxylic acids is 2. The van der Waals surface area contributed by atoms with Gasteiger partial charge in [-0.1, -0.05) is 38.1 Å². The van der Waals surface area contributed by atoms with Gasteiger partial charge in [0.15, 0.2) is 0 Å². The number of amides is 2. The molecule has 0 aromatic heterocycles. The van der Waals surface area contributed by atoms with Crippen molar-refractivity contribution in [2.24, 2.45) is 0 Å². The Hall–Kier alpha value is -2.60. The molecule has 0 unspecified atom stereocenters. The van der Waals surface area contributed by atoms with Crippen molar-refractivity contribution in [3.8, 4) is 5.75 Å². The molecular formula is C24H26FNO3S. The van der Waals surface area contributed by atoms with Gasteiger partial charge in [-0.15, -0.1) is 11.8 Å². The Bertz CT molecular complexity index is 949. The Labute approximate surface area is 181 Å². The zero-order valence-corrected chi connectivity index (χ0v) is 18.5. The maximum Gasteiger partial charge on any atom is 0.268 e. The fourth-order valence-electron chi connectivity index (χ4n) is 3.22. The standard InChI is InChI=1S/C24H26FNO3S/c1-15(2)29-20-11-7-18(8-12-20)21-22(30-16(3)4)24(28)26(23(21)27)14-13-17-5-9-19(25)10-6-17/h5-12,15-16H,13-14H2,1-4H3. The van der Waals surface area contributed by atoms with Gasteiger partial charge in [-0.2, -0.15) is 0 Å². The van der Waals surface area contributed by atoms with Crippen LogP contribution in [0.5, 0.6) is 5.75 Å². The van der Waals surface area contributed by atoms with Crippen LogP contribution in [0.2, 0.25) is 0 Å². The highest BCUT2D eigenvalue weighted by Gasteiger charge is 2.39. The predicted molar refractivity (Wildman–Crippen MR) is 119 cm³/mol. The van der Waals surface area contributed by atoms with Crippen molar-refractivity contribution in [1.82, 2.24) is 4.90 Å². The number of ether oxygens (including phenoxy) is 1. The number of carbonyl (C=O) groups is 2. The van der Waals surface area contributed by atoms with E-state index in [1.807, 2.05) is 52.0 Å². The molecule has 1 heterocycles. The van der Waals surface area contributed by atoms with Crippen molar-refractivity contribution in [1.29, 1.82) is 0 Å². The number of halogens is 1. The van der Waals surface area contributed by atoms with E-state index >= 15 is 0 Å². The van der Waals surface area contributed by atoms with E-state index in [4.69, 9.17) is 4.74 Å². The molecule has 0 spiro atoms. The minimum absolute atomic E-state index is 0.0544. The highest BCUT2D eigenvalue weighted by atomic mass is 32.2. The van der Waals surface area contributed by atoms with E-state index in [0.29, 0.717) is 22.5 Å². The van der Waals surface area contributed by atoms with Crippen LogP contribution in [0.15, 0.2) is 53.4 Å². The Kier molecular flexibility index (Phi) is 6.98. The lowest BCUT2D eigenvalue weighted by Crippen LogP contribution is -2.33. The molecule has 0 N–H and O–H groups in total. The van der Waals surface area contributed by atoms with Crippen LogP contribution in [0.1, 0.15) is 38.8 Å². The van der Waals surface area contributed by atoms with Gasteiger partial charge >= 0.3 is 0 Å². The highest BCUT2D eigenvalue weighted by Crippen LogP contribution is 2.38. The Morgan fingerprint density at radius 3 is 2.13 bits per heavy atom. The number of rotatable bonds is 8. The molecule has 2 aromatic rings. The van der Waals surface area contributed by atoms with E-state index in [0.717, 1.165) is 11.3 Å². The molecule has 0 aliphatic carbocycles. The molecule has 158 valence electrons. The minimum Gasteiger partial charge on any atom is -0.491 e. The number of hydrogen-bond donors (Lipinski definition) is 0. The second-order valence-corrected chi connectivity index (χ2v) is 9.29.